The van der Waals surface area contributed by atoms with Gasteiger partial charge in [0.05, 0.1) is 52.3 Å². The van der Waals surface area contributed by atoms with E-state index in [0.29, 0.717) is 109 Å². The van der Waals surface area contributed by atoms with Crippen molar-refractivity contribution in [2.45, 2.75) is 122 Å². The molecule has 0 radical (unpaired) electrons. The number of halogens is 5. The topological polar surface area (TPSA) is 394 Å². The van der Waals surface area contributed by atoms with Crippen LogP contribution in [0.5, 0.6) is 40.2 Å². The van der Waals surface area contributed by atoms with Gasteiger partial charge in [0, 0.05) is 108 Å². The molecule has 26 nitrogen and oxygen atoms in total. The number of carbonyl (C=O) groups excluding carboxylic acids is 3. The maximum Gasteiger partial charge on any atom is 0.238 e. The van der Waals surface area contributed by atoms with E-state index in [1.165, 1.54) is 72.8 Å². The van der Waals surface area contributed by atoms with Gasteiger partial charge in [-0.2, -0.15) is 10.5 Å². The van der Waals surface area contributed by atoms with Crippen molar-refractivity contribution in [1.82, 2.24) is 0 Å². The summed E-state index contributed by atoms with van der Waals surface area (Å²) in [5.41, 5.74) is 9.44. The second-order valence-electron chi connectivity index (χ2n) is 32.2. The highest BCUT2D eigenvalue weighted by Crippen LogP contribution is 2.47. The standard InChI is InChI=1S/C25H23N3O4S.C23H19BrClN3O3S.C23H17ClFN3O4S.C23H27ClN2O4S/c1-16-4-3-5-17(2)25(16)32-23-12-18(6-7-19(23)14-26)20-13-24(29)28(15-20)21-8-10-22(11-9-21)33(27,30)31;1-27-21-4-2-3-19(24)23(21)31-22-13-15(5-10-20(22)25)16-11-12-28(14-16)17-6-8-18(9-7-17)32(26,29)30;24-20-7-1-14(10-22(20)32-21-8-2-17(25)9-15(21)12-26)16-11-23(29)28(13-16)18-3-5-19(6-4-18)33(27,30)31;1-23(2)11-3-4-21(23)30-20-12-15(5-10-19(20)24)16-13-22(27)26(14-16)17-6-8-18(9-7-17)31(25,28)29/h3-12,20H,13,15H2,1-2H3,(H2,27,30,31);2-10,13,16H,11-12,14H2,(H2,26,29,30);1-10,16H,11,13H2,(H2,27,30,31);5-10,12,16,21H,3-4,11,13-14H2,1-2H3,(H2,25,28,29)/t20-;2*16-;16-,21?/m0001/s1. The molecular weight excluding hydrogens is 1860 g/mol. The summed E-state index contributed by atoms with van der Waals surface area (Å²) in [6.45, 7) is 18.6. The van der Waals surface area contributed by atoms with Crippen LogP contribution >= 0.6 is 50.7 Å². The number of hydrogen-bond acceptors (Lipinski definition) is 18. The minimum Gasteiger partial charge on any atom is -0.488 e. The van der Waals surface area contributed by atoms with E-state index in [9.17, 15) is 63.0 Å². The number of benzene rings is 11. The predicted molar refractivity (Wildman–Crippen MR) is 495 cm³/mol. The number of sulfonamides is 4. The monoisotopic (exact) mass is 1940 g/mol. The third kappa shape index (κ3) is 22.9. The molecule has 1 aliphatic carbocycles. The molecule has 5 aliphatic rings. The van der Waals surface area contributed by atoms with Crippen LogP contribution in [0, 0.1) is 54.3 Å². The summed E-state index contributed by atoms with van der Waals surface area (Å²) in [7, 11) is -15.1. The Labute approximate surface area is 771 Å². The summed E-state index contributed by atoms with van der Waals surface area (Å²) in [4.78, 5) is 48.7. The lowest BCUT2D eigenvalue weighted by molar-refractivity contribution is -0.118. The van der Waals surface area contributed by atoms with Gasteiger partial charge in [-0.1, -0.05) is 103 Å². The Balaban J connectivity index is 0.000000147. The molecule has 11 aromatic rings. The zero-order valence-corrected chi connectivity index (χ0v) is 76.9. The van der Waals surface area contributed by atoms with Gasteiger partial charge in [0.2, 0.25) is 63.5 Å². The van der Waals surface area contributed by atoms with Crippen molar-refractivity contribution in [3.63, 3.8) is 0 Å². The molecule has 1 unspecified atom stereocenters. The van der Waals surface area contributed by atoms with Gasteiger partial charge in [-0.15, -0.1) is 0 Å². The van der Waals surface area contributed by atoms with Crippen LogP contribution in [0.3, 0.4) is 0 Å². The molecule has 11 aromatic carbocycles. The number of primary sulfonamides is 4. The molecule has 666 valence electrons. The van der Waals surface area contributed by atoms with E-state index in [0.717, 1.165) is 83.9 Å². The quantitative estimate of drug-likeness (QED) is 0.0515. The fourth-order valence-electron chi connectivity index (χ4n) is 16.0. The Morgan fingerprint density at radius 1 is 0.457 bits per heavy atom. The van der Waals surface area contributed by atoms with E-state index in [4.69, 9.17) is 80.9 Å². The highest BCUT2D eigenvalue weighted by molar-refractivity contribution is 9.10. The first kappa shape index (κ1) is 94.8. The second-order valence-corrected chi connectivity index (χ2v) is 40.5. The van der Waals surface area contributed by atoms with Crippen molar-refractivity contribution in [2.75, 3.05) is 52.3 Å². The van der Waals surface area contributed by atoms with Gasteiger partial charge in [0.15, 0.2) is 0 Å². The van der Waals surface area contributed by atoms with Gasteiger partial charge in [-0.05, 0) is 259 Å². The van der Waals surface area contributed by atoms with E-state index in [2.05, 4.69) is 45.6 Å². The zero-order valence-electron chi connectivity index (χ0n) is 69.8. The van der Waals surface area contributed by atoms with Crippen LogP contribution in [0.4, 0.5) is 32.8 Å². The highest BCUT2D eigenvalue weighted by atomic mass is 79.9. The first-order chi connectivity index (χ1) is 61.1. The zero-order chi connectivity index (χ0) is 92.8. The lowest BCUT2D eigenvalue weighted by atomic mass is 9.89. The van der Waals surface area contributed by atoms with Crippen molar-refractivity contribution in [2.24, 2.45) is 26.0 Å². The molecule has 0 bridgehead atoms. The number of nitriles is 2. The number of para-hydroxylation sites is 2. The van der Waals surface area contributed by atoms with Crippen LogP contribution < -0.4 is 59.1 Å². The summed E-state index contributed by atoms with van der Waals surface area (Å²) in [6, 6.07) is 65.2. The molecule has 0 aromatic heterocycles. The van der Waals surface area contributed by atoms with Gasteiger partial charge >= 0.3 is 0 Å². The van der Waals surface area contributed by atoms with Crippen molar-refractivity contribution >= 4 is 137 Å². The van der Waals surface area contributed by atoms with Crippen LogP contribution in [0.15, 0.2) is 249 Å². The number of ether oxygens (including phenoxy) is 4. The fraction of sp³-hybridized carbons (Fsp3) is 0.234. The maximum absolute atomic E-state index is 13.4. The molecule has 4 saturated heterocycles. The van der Waals surface area contributed by atoms with E-state index in [-0.39, 0.29) is 96.0 Å². The molecule has 35 heteroatoms. The van der Waals surface area contributed by atoms with Crippen molar-refractivity contribution in [1.29, 1.82) is 10.5 Å². The molecule has 8 N–H and O–H groups in total. The predicted octanol–water partition coefficient (Wildman–Crippen LogP) is 19.0. The van der Waals surface area contributed by atoms with Gasteiger partial charge in [0.25, 0.3) is 0 Å². The molecule has 4 aliphatic heterocycles. The number of rotatable bonds is 20. The molecular formula is C94H86BrCl3FN11O15S4. The number of hydrogen-bond donors (Lipinski definition) is 4. The summed E-state index contributed by atoms with van der Waals surface area (Å²) in [5.74, 6) is 2.46. The highest BCUT2D eigenvalue weighted by Gasteiger charge is 2.39. The van der Waals surface area contributed by atoms with Crippen molar-refractivity contribution in [3.05, 3.63) is 306 Å². The van der Waals surface area contributed by atoms with Gasteiger partial charge in [0.1, 0.15) is 64.3 Å². The minimum absolute atomic E-state index is 0.00150. The van der Waals surface area contributed by atoms with Gasteiger partial charge in [-0.3, -0.25) is 14.4 Å². The molecule has 129 heavy (non-hydrogen) atoms. The smallest absolute Gasteiger partial charge is 0.238 e. The number of amides is 3. The molecule has 0 spiro atoms. The molecule has 1 saturated carbocycles. The van der Waals surface area contributed by atoms with E-state index >= 15 is 0 Å². The van der Waals surface area contributed by atoms with E-state index in [1.807, 2.05) is 92.7 Å². The lowest BCUT2D eigenvalue weighted by Crippen LogP contribution is -2.29. The average molecular weight is 1940 g/mol. The Morgan fingerprint density at radius 3 is 1.28 bits per heavy atom. The summed E-state index contributed by atoms with van der Waals surface area (Å²) < 4.78 is 130. The third-order valence-electron chi connectivity index (χ3n) is 23.0. The van der Waals surface area contributed by atoms with Crippen molar-refractivity contribution in [3.8, 4) is 52.4 Å². The Hall–Kier alpha value is -11.8. The SMILES string of the molecule is CC1(C)CCCC1Oc1cc([C@@H]2CC(=O)N(c3ccc(S(N)(=O)=O)cc3)C2)ccc1Cl.Cc1cccc(C)c1Oc1cc([C@H]2CC(=O)N(c3ccc(S(N)(=O)=O)cc3)C2)ccc1C#N.N#Cc1cc(F)ccc1Oc1cc([C@H]2CC(=O)N(c3ccc(S(N)(=O)=O)cc3)C2)ccc1Cl.[C-]#[N+]c1cccc(Br)c1Oc1cc([C@H]2CCN(c3ccc(S(N)(=O)=O)cc3)C2)ccc1Cl. The third-order valence-corrected chi connectivity index (χ3v) is 28.3. The van der Waals surface area contributed by atoms with Crippen LogP contribution in [0.25, 0.3) is 4.85 Å². The van der Waals surface area contributed by atoms with Gasteiger partial charge in [-0.25, -0.2) is 63.5 Å². The number of carbonyl (C=O) groups is 3. The molecule has 16 rings (SSSR count). The Kier molecular flexibility index (Phi) is 29.2. The largest absolute Gasteiger partial charge is 0.488 e. The van der Waals surface area contributed by atoms with Crippen molar-refractivity contribution < 1.29 is 71.4 Å². The van der Waals surface area contributed by atoms with Gasteiger partial charge < -0.3 is 38.5 Å². The van der Waals surface area contributed by atoms with Crippen LogP contribution in [-0.2, 0) is 54.5 Å². The summed E-state index contributed by atoms with van der Waals surface area (Å²) >= 11 is 22.5. The maximum atomic E-state index is 13.4. The number of nitrogens with two attached hydrogens (primary N) is 4. The first-order valence-corrected chi connectivity index (χ1v) is 48.5. The second kappa shape index (κ2) is 39.7. The molecule has 4 heterocycles. The molecule has 5 fully saturated rings. The molecule has 5 atom stereocenters. The average Bonchev–Trinajstić information content (AvgIpc) is 1.72. The minimum atomic E-state index is -3.82. The Bertz CT molecular complexity index is 6770. The van der Waals surface area contributed by atoms with Crippen LogP contribution in [0.2, 0.25) is 15.1 Å². The molecule has 3 amide bonds. The normalized spacial score (nSPS) is 17.8. The first-order valence-electron chi connectivity index (χ1n) is 40.4. The van der Waals surface area contributed by atoms with E-state index in [1.54, 1.807) is 87.5 Å². The van der Waals surface area contributed by atoms with E-state index < -0.39 is 45.9 Å². The van der Waals surface area contributed by atoms with Crippen LogP contribution in [0.1, 0.15) is 127 Å². The number of anilines is 4. The van der Waals surface area contributed by atoms with Crippen LogP contribution in [-0.4, -0.2) is 90.2 Å². The summed E-state index contributed by atoms with van der Waals surface area (Å²) in [6.07, 6.45) is 5.24. The fourth-order valence-corrected chi connectivity index (χ4v) is 18.9. The summed E-state index contributed by atoms with van der Waals surface area (Å²) in [5, 5.41) is 40.8. The lowest BCUT2D eigenvalue weighted by Gasteiger charge is -2.28. The Morgan fingerprint density at radius 2 is 0.853 bits per heavy atom. The number of nitrogens with zero attached hydrogens (tertiary/aromatic N) is 7. The number of aryl methyl sites for hydroxylation is 2.